The standard InChI is InChI=1S/C22H33NO3/c1-16(4-2-3-5-21(24)25)14-17-6-10-19(11-7-17)22(26)20-12-8-18(15-23)9-13-20/h6-7,10-11,16,18,20H,2-5,8-9,12-15,23H2,1H3,(H,24,25). The largest absolute Gasteiger partial charge is 0.481 e. The average molecular weight is 360 g/mol. The number of nitrogens with two attached hydrogens (primary N) is 1. The maximum absolute atomic E-state index is 12.7. The van der Waals surface area contributed by atoms with Gasteiger partial charge in [-0.1, -0.05) is 44.0 Å². The highest BCUT2D eigenvalue weighted by Gasteiger charge is 2.26. The third-order valence-corrected chi connectivity index (χ3v) is 5.71. The molecule has 4 nitrogen and oxygen atoms in total. The molecule has 1 fully saturated rings. The van der Waals surface area contributed by atoms with Crippen LogP contribution in [0.25, 0.3) is 0 Å². The minimum atomic E-state index is -0.713. The van der Waals surface area contributed by atoms with Gasteiger partial charge in [0.15, 0.2) is 5.78 Å². The smallest absolute Gasteiger partial charge is 0.303 e. The molecule has 26 heavy (non-hydrogen) atoms. The van der Waals surface area contributed by atoms with Gasteiger partial charge in [0, 0.05) is 17.9 Å². The molecule has 0 aliphatic heterocycles. The van der Waals surface area contributed by atoms with E-state index in [4.69, 9.17) is 10.8 Å². The van der Waals surface area contributed by atoms with E-state index in [9.17, 15) is 9.59 Å². The Labute approximate surface area is 157 Å². The molecule has 0 radical (unpaired) electrons. The molecule has 4 heteroatoms. The van der Waals surface area contributed by atoms with Gasteiger partial charge in [0.2, 0.25) is 0 Å². The van der Waals surface area contributed by atoms with Crippen molar-refractivity contribution in [1.29, 1.82) is 0 Å². The zero-order chi connectivity index (χ0) is 18.9. The SMILES string of the molecule is CC(CCCCC(=O)O)Cc1ccc(C(=O)C2CCC(CN)CC2)cc1. The van der Waals surface area contributed by atoms with Gasteiger partial charge in [0.05, 0.1) is 0 Å². The van der Waals surface area contributed by atoms with Crippen molar-refractivity contribution < 1.29 is 14.7 Å². The van der Waals surface area contributed by atoms with Crippen molar-refractivity contribution in [3.05, 3.63) is 35.4 Å². The summed E-state index contributed by atoms with van der Waals surface area (Å²) in [6.07, 6.45) is 8.06. The van der Waals surface area contributed by atoms with Crippen molar-refractivity contribution >= 4 is 11.8 Å². The number of carbonyl (C=O) groups excluding carboxylic acids is 1. The fourth-order valence-electron chi connectivity index (χ4n) is 3.97. The molecule has 1 aromatic rings. The summed E-state index contributed by atoms with van der Waals surface area (Å²) in [5.74, 6) is 0.857. The van der Waals surface area contributed by atoms with E-state index in [0.717, 1.165) is 63.5 Å². The second-order valence-electron chi connectivity index (χ2n) is 7.96. The summed E-state index contributed by atoms with van der Waals surface area (Å²) in [7, 11) is 0. The van der Waals surface area contributed by atoms with E-state index in [1.807, 2.05) is 12.1 Å². The number of rotatable bonds is 10. The summed E-state index contributed by atoms with van der Waals surface area (Å²) in [5, 5.41) is 8.67. The molecule has 0 saturated heterocycles. The first-order valence-corrected chi connectivity index (χ1v) is 10.0. The molecule has 1 atom stereocenters. The van der Waals surface area contributed by atoms with Crippen LogP contribution in [-0.4, -0.2) is 23.4 Å². The highest BCUT2D eigenvalue weighted by atomic mass is 16.4. The number of aliphatic carboxylic acids is 1. The summed E-state index contributed by atoms with van der Waals surface area (Å²) in [4.78, 5) is 23.2. The van der Waals surface area contributed by atoms with Crippen molar-refractivity contribution in [2.24, 2.45) is 23.5 Å². The fraction of sp³-hybridized carbons (Fsp3) is 0.636. The lowest BCUT2D eigenvalue weighted by Gasteiger charge is -2.26. The number of hydrogen-bond donors (Lipinski definition) is 2. The first-order valence-electron chi connectivity index (χ1n) is 10.0. The van der Waals surface area contributed by atoms with E-state index in [0.29, 0.717) is 11.8 Å². The molecule has 144 valence electrons. The molecule has 1 saturated carbocycles. The number of ketones is 1. The van der Waals surface area contributed by atoms with Crippen molar-refractivity contribution in [2.45, 2.75) is 64.7 Å². The highest BCUT2D eigenvalue weighted by molar-refractivity contribution is 5.97. The zero-order valence-corrected chi connectivity index (χ0v) is 16.0. The summed E-state index contributed by atoms with van der Waals surface area (Å²) >= 11 is 0. The summed E-state index contributed by atoms with van der Waals surface area (Å²) in [6.45, 7) is 2.94. The van der Waals surface area contributed by atoms with Crippen LogP contribution in [0.15, 0.2) is 24.3 Å². The van der Waals surface area contributed by atoms with E-state index in [-0.39, 0.29) is 18.1 Å². The van der Waals surface area contributed by atoms with Crippen molar-refractivity contribution in [1.82, 2.24) is 0 Å². The van der Waals surface area contributed by atoms with Gasteiger partial charge in [-0.25, -0.2) is 0 Å². The molecule has 2 rings (SSSR count). The third-order valence-electron chi connectivity index (χ3n) is 5.71. The Balaban J connectivity index is 1.78. The van der Waals surface area contributed by atoms with E-state index >= 15 is 0 Å². The Morgan fingerprint density at radius 3 is 2.35 bits per heavy atom. The lowest BCUT2D eigenvalue weighted by molar-refractivity contribution is -0.137. The van der Waals surface area contributed by atoms with Crippen molar-refractivity contribution in [3.63, 3.8) is 0 Å². The van der Waals surface area contributed by atoms with Crippen LogP contribution in [0.4, 0.5) is 0 Å². The maximum Gasteiger partial charge on any atom is 0.303 e. The second-order valence-corrected chi connectivity index (χ2v) is 7.96. The fourth-order valence-corrected chi connectivity index (χ4v) is 3.97. The third kappa shape index (κ3) is 6.56. The normalized spacial score (nSPS) is 21.3. The van der Waals surface area contributed by atoms with Gasteiger partial charge in [-0.3, -0.25) is 9.59 Å². The number of carboxylic acid groups (broad SMARTS) is 1. The Morgan fingerprint density at radius 1 is 1.12 bits per heavy atom. The molecule has 0 amide bonds. The molecule has 0 bridgehead atoms. The number of hydrogen-bond acceptors (Lipinski definition) is 3. The van der Waals surface area contributed by atoms with Crippen LogP contribution in [-0.2, 0) is 11.2 Å². The van der Waals surface area contributed by atoms with Gasteiger partial charge in [-0.15, -0.1) is 0 Å². The molecule has 1 aliphatic carbocycles. The maximum atomic E-state index is 12.7. The van der Waals surface area contributed by atoms with Crippen molar-refractivity contribution in [3.8, 4) is 0 Å². The topological polar surface area (TPSA) is 80.4 Å². The van der Waals surface area contributed by atoms with Crippen LogP contribution in [0.5, 0.6) is 0 Å². The first-order chi connectivity index (χ1) is 12.5. The van der Waals surface area contributed by atoms with Gasteiger partial charge < -0.3 is 10.8 Å². The van der Waals surface area contributed by atoms with Gasteiger partial charge in [0.1, 0.15) is 0 Å². The van der Waals surface area contributed by atoms with E-state index in [2.05, 4.69) is 19.1 Å². The number of Topliss-reactive ketones (excluding diaryl/α,β-unsaturated/α-hetero) is 1. The van der Waals surface area contributed by atoms with Crippen LogP contribution < -0.4 is 5.73 Å². The first kappa shape index (κ1) is 20.6. The van der Waals surface area contributed by atoms with Gasteiger partial charge in [-0.05, 0) is 62.5 Å². The molecule has 0 spiro atoms. The van der Waals surface area contributed by atoms with E-state index in [1.54, 1.807) is 0 Å². The molecular formula is C22H33NO3. The van der Waals surface area contributed by atoms with Crippen LogP contribution in [0.3, 0.4) is 0 Å². The summed E-state index contributed by atoms with van der Waals surface area (Å²) in [6, 6.07) is 8.10. The predicted molar refractivity (Wildman–Crippen MR) is 104 cm³/mol. The lowest BCUT2D eigenvalue weighted by Crippen LogP contribution is -2.25. The van der Waals surface area contributed by atoms with E-state index in [1.165, 1.54) is 5.56 Å². The van der Waals surface area contributed by atoms with Gasteiger partial charge in [0.25, 0.3) is 0 Å². The molecular weight excluding hydrogens is 326 g/mol. The van der Waals surface area contributed by atoms with E-state index < -0.39 is 5.97 Å². The van der Waals surface area contributed by atoms with Crippen LogP contribution in [0.2, 0.25) is 0 Å². The highest BCUT2D eigenvalue weighted by Crippen LogP contribution is 2.30. The monoisotopic (exact) mass is 359 g/mol. The average Bonchev–Trinajstić information content (AvgIpc) is 2.65. The quantitative estimate of drug-likeness (QED) is 0.477. The van der Waals surface area contributed by atoms with Gasteiger partial charge in [-0.2, -0.15) is 0 Å². The number of carbonyl (C=O) groups is 2. The molecule has 1 aromatic carbocycles. The summed E-state index contributed by atoms with van der Waals surface area (Å²) in [5.41, 5.74) is 7.81. The molecule has 3 N–H and O–H groups in total. The van der Waals surface area contributed by atoms with Gasteiger partial charge >= 0.3 is 5.97 Å². The van der Waals surface area contributed by atoms with Crippen LogP contribution in [0, 0.1) is 17.8 Å². The minimum absolute atomic E-state index is 0.164. The molecule has 0 heterocycles. The molecule has 0 aromatic heterocycles. The summed E-state index contributed by atoms with van der Waals surface area (Å²) < 4.78 is 0. The van der Waals surface area contributed by atoms with Crippen LogP contribution in [0.1, 0.15) is 74.2 Å². The number of benzene rings is 1. The Bertz CT molecular complexity index is 574. The Morgan fingerprint density at radius 2 is 1.77 bits per heavy atom. The predicted octanol–water partition coefficient (Wildman–Crippen LogP) is 4.46. The number of unbranched alkanes of at least 4 members (excludes halogenated alkanes) is 1. The molecule has 1 aliphatic rings. The lowest BCUT2D eigenvalue weighted by atomic mass is 9.78. The van der Waals surface area contributed by atoms with Crippen LogP contribution >= 0.6 is 0 Å². The molecule has 1 unspecified atom stereocenters. The van der Waals surface area contributed by atoms with Crippen molar-refractivity contribution in [2.75, 3.05) is 6.54 Å². The number of carboxylic acids is 1. The Kier molecular flexibility index (Phi) is 8.30. The zero-order valence-electron chi connectivity index (χ0n) is 16.0. The minimum Gasteiger partial charge on any atom is -0.481 e. The Hall–Kier alpha value is -1.68. The second kappa shape index (κ2) is 10.5.